The summed E-state index contributed by atoms with van der Waals surface area (Å²) in [6.07, 6.45) is 1.55. The number of nitrogens with zero attached hydrogens (tertiary/aromatic N) is 1. The van der Waals surface area contributed by atoms with Gasteiger partial charge < -0.3 is 10.1 Å². The van der Waals surface area contributed by atoms with E-state index in [0.29, 0.717) is 13.3 Å². The van der Waals surface area contributed by atoms with Gasteiger partial charge in [0.1, 0.15) is 18.6 Å². The molecule has 0 spiro atoms. The molecule has 1 saturated heterocycles. The Balaban J connectivity index is 1.69. The summed E-state index contributed by atoms with van der Waals surface area (Å²) >= 11 is 3.46. The summed E-state index contributed by atoms with van der Waals surface area (Å²) in [4.78, 5) is 18.3. The highest BCUT2D eigenvalue weighted by molar-refractivity contribution is 9.10. The molecule has 2 N–H and O–H groups in total. The number of nitrogens with one attached hydrogen (secondary N) is 2. The molecule has 2 atom stereocenters. The molecule has 0 saturated carbocycles. The van der Waals surface area contributed by atoms with E-state index in [1.165, 1.54) is 5.06 Å². The fourth-order valence-electron chi connectivity index (χ4n) is 2.87. The first kappa shape index (κ1) is 17.5. The molecule has 0 radical (unpaired) electrons. The monoisotopic (exact) mass is 397 g/mol. The molecule has 0 aromatic heterocycles. The van der Waals surface area contributed by atoms with Crippen molar-refractivity contribution in [2.24, 2.45) is 5.41 Å². The lowest BCUT2D eigenvalue weighted by atomic mass is 9.95. The lowest BCUT2D eigenvalue weighted by Gasteiger charge is -2.26. The Hall–Kier alpha value is -1.31. The zero-order valence-electron chi connectivity index (χ0n) is 14.3. The minimum atomic E-state index is -0.227. The van der Waals surface area contributed by atoms with Crippen LogP contribution in [0.3, 0.4) is 0 Å². The number of fused-ring (bicyclic) bond motifs is 1. The first-order valence-corrected chi connectivity index (χ1v) is 9.04. The number of hydroxylamine groups is 2. The normalized spacial score (nSPS) is 24.1. The van der Waals surface area contributed by atoms with Crippen molar-refractivity contribution in [2.45, 2.75) is 45.9 Å². The lowest BCUT2D eigenvalue weighted by Crippen LogP contribution is -2.40. The number of ether oxygens (including phenoxy) is 1. The van der Waals surface area contributed by atoms with Crippen LogP contribution in [0.15, 0.2) is 22.7 Å². The van der Waals surface area contributed by atoms with Crippen LogP contribution in [-0.2, 0) is 4.84 Å². The molecule has 0 aliphatic carbocycles. The van der Waals surface area contributed by atoms with Gasteiger partial charge in [0.15, 0.2) is 0 Å². The van der Waals surface area contributed by atoms with Crippen molar-refractivity contribution in [1.29, 1.82) is 0 Å². The molecule has 7 heteroatoms. The summed E-state index contributed by atoms with van der Waals surface area (Å²) in [6.45, 7) is 7.25. The predicted octanol–water partition coefficient (Wildman–Crippen LogP) is 3.54. The summed E-state index contributed by atoms with van der Waals surface area (Å²) in [5, 5.41) is 7.65. The number of rotatable bonds is 1. The zero-order chi connectivity index (χ0) is 17.3. The molecule has 1 fully saturated rings. The van der Waals surface area contributed by atoms with Crippen LogP contribution in [0.25, 0.3) is 0 Å². The van der Waals surface area contributed by atoms with Gasteiger partial charge in [0.25, 0.3) is 0 Å². The summed E-state index contributed by atoms with van der Waals surface area (Å²) in [5.41, 5.74) is 0.924. The molecule has 24 heavy (non-hydrogen) atoms. The van der Waals surface area contributed by atoms with Gasteiger partial charge in [-0.3, -0.25) is 5.32 Å². The topological polar surface area (TPSA) is 62.8 Å². The second-order valence-corrected chi connectivity index (χ2v) is 8.18. The number of hydrogen-bond donors (Lipinski definition) is 2. The van der Waals surface area contributed by atoms with Crippen LogP contribution >= 0.6 is 15.9 Å². The average molecular weight is 398 g/mol. The molecule has 2 aliphatic rings. The molecular formula is C17H24BrN3O3. The molecule has 2 unspecified atom stereocenters. The van der Waals surface area contributed by atoms with Gasteiger partial charge in [0.2, 0.25) is 0 Å². The molecule has 2 amide bonds. The highest BCUT2D eigenvalue weighted by atomic mass is 79.9. The predicted molar refractivity (Wildman–Crippen MR) is 94.3 cm³/mol. The van der Waals surface area contributed by atoms with Gasteiger partial charge in [0.05, 0.1) is 12.6 Å². The lowest BCUT2D eigenvalue weighted by molar-refractivity contribution is -0.139. The minimum absolute atomic E-state index is 0.0793. The third-order valence-corrected chi connectivity index (χ3v) is 4.70. The molecule has 132 valence electrons. The van der Waals surface area contributed by atoms with Gasteiger partial charge in [-0.2, -0.15) is 5.06 Å². The standard InChI is InChI=1S/C17H24BrN3O3/c1-17(2,3)15-19-10-21(24-15)16(22)20-13-5-4-8-23-14-9-11(18)6-7-12(13)14/h6-7,9,13,15,19H,4-5,8,10H2,1-3H3,(H,20,22). The van der Waals surface area contributed by atoms with Crippen LogP contribution < -0.4 is 15.4 Å². The maximum Gasteiger partial charge on any atom is 0.343 e. The van der Waals surface area contributed by atoms with Crippen molar-refractivity contribution in [2.75, 3.05) is 13.3 Å². The van der Waals surface area contributed by atoms with Crippen molar-refractivity contribution in [3.63, 3.8) is 0 Å². The number of hydrogen-bond acceptors (Lipinski definition) is 4. The largest absolute Gasteiger partial charge is 0.493 e. The van der Waals surface area contributed by atoms with Crippen LogP contribution in [0.2, 0.25) is 0 Å². The second-order valence-electron chi connectivity index (χ2n) is 7.27. The minimum Gasteiger partial charge on any atom is -0.493 e. The van der Waals surface area contributed by atoms with E-state index in [0.717, 1.165) is 28.6 Å². The van der Waals surface area contributed by atoms with Gasteiger partial charge in [-0.05, 0) is 25.0 Å². The number of carbonyl (C=O) groups is 1. The number of urea groups is 1. The van der Waals surface area contributed by atoms with E-state index in [4.69, 9.17) is 9.57 Å². The Morgan fingerprint density at radius 2 is 2.21 bits per heavy atom. The van der Waals surface area contributed by atoms with Crippen molar-refractivity contribution < 1.29 is 14.4 Å². The summed E-state index contributed by atoms with van der Waals surface area (Å²) in [7, 11) is 0. The van der Waals surface area contributed by atoms with Crippen molar-refractivity contribution in [3.05, 3.63) is 28.2 Å². The van der Waals surface area contributed by atoms with Gasteiger partial charge >= 0.3 is 6.03 Å². The fourth-order valence-corrected chi connectivity index (χ4v) is 3.21. The maximum atomic E-state index is 12.6. The summed E-state index contributed by atoms with van der Waals surface area (Å²) < 4.78 is 6.76. The number of halogens is 1. The van der Waals surface area contributed by atoms with Gasteiger partial charge in [-0.15, -0.1) is 0 Å². The van der Waals surface area contributed by atoms with Gasteiger partial charge in [-0.1, -0.05) is 42.8 Å². The maximum absolute atomic E-state index is 12.6. The van der Waals surface area contributed by atoms with Crippen LogP contribution in [0.5, 0.6) is 5.75 Å². The van der Waals surface area contributed by atoms with Gasteiger partial charge in [-0.25, -0.2) is 9.63 Å². The first-order chi connectivity index (χ1) is 11.3. The number of amides is 2. The molecule has 2 heterocycles. The van der Waals surface area contributed by atoms with Crippen LogP contribution in [0.1, 0.15) is 45.2 Å². The first-order valence-electron chi connectivity index (χ1n) is 8.25. The Bertz CT molecular complexity index is 618. The quantitative estimate of drug-likeness (QED) is 0.760. The van der Waals surface area contributed by atoms with Crippen molar-refractivity contribution in [3.8, 4) is 5.75 Å². The van der Waals surface area contributed by atoms with E-state index < -0.39 is 0 Å². The molecule has 0 bridgehead atoms. The van der Waals surface area contributed by atoms with E-state index in [-0.39, 0.29) is 23.7 Å². The SMILES string of the molecule is CC(C)(C)C1NCN(C(=O)NC2CCCOc3cc(Br)ccc32)O1. The number of benzene rings is 1. The molecule has 2 aliphatic heterocycles. The Labute approximate surface area is 151 Å². The highest BCUT2D eigenvalue weighted by Crippen LogP contribution is 2.34. The van der Waals surface area contributed by atoms with Crippen molar-refractivity contribution in [1.82, 2.24) is 15.7 Å². The molecule has 6 nitrogen and oxygen atoms in total. The van der Waals surface area contributed by atoms with Crippen LogP contribution in [0, 0.1) is 5.41 Å². The van der Waals surface area contributed by atoms with E-state index >= 15 is 0 Å². The van der Waals surface area contributed by atoms with Gasteiger partial charge in [0, 0.05) is 15.5 Å². The van der Waals surface area contributed by atoms with E-state index in [9.17, 15) is 4.79 Å². The summed E-state index contributed by atoms with van der Waals surface area (Å²) in [5.74, 6) is 0.820. The molecule has 1 aromatic rings. The van der Waals surface area contributed by atoms with E-state index in [2.05, 4.69) is 47.3 Å². The third kappa shape index (κ3) is 3.84. The zero-order valence-corrected chi connectivity index (χ0v) is 15.9. The number of carbonyl (C=O) groups excluding carboxylic acids is 1. The fraction of sp³-hybridized carbons (Fsp3) is 0.588. The molecule has 1 aromatic carbocycles. The third-order valence-electron chi connectivity index (χ3n) is 4.21. The second kappa shape index (κ2) is 6.90. The van der Waals surface area contributed by atoms with E-state index in [1.807, 2.05) is 18.2 Å². The van der Waals surface area contributed by atoms with Crippen molar-refractivity contribution >= 4 is 22.0 Å². The Kier molecular flexibility index (Phi) is 5.03. The van der Waals surface area contributed by atoms with E-state index in [1.54, 1.807) is 0 Å². The smallest absolute Gasteiger partial charge is 0.343 e. The Morgan fingerprint density at radius 1 is 1.42 bits per heavy atom. The average Bonchev–Trinajstić information content (AvgIpc) is 2.93. The highest BCUT2D eigenvalue weighted by Gasteiger charge is 2.36. The van der Waals surface area contributed by atoms with Crippen LogP contribution in [-0.4, -0.2) is 30.6 Å². The summed E-state index contributed by atoms with van der Waals surface area (Å²) in [6, 6.07) is 5.60. The molecule has 3 rings (SSSR count). The Morgan fingerprint density at radius 3 is 2.92 bits per heavy atom. The van der Waals surface area contributed by atoms with Crippen LogP contribution in [0.4, 0.5) is 4.79 Å². The molecular weight excluding hydrogens is 374 g/mol.